The second-order valence-corrected chi connectivity index (χ2v) is 8.85. The fraction of sp³-hybridized carbons (Fsp3) is 0.250. The third kappa shape index (κ3) is 1.97. The molecule has 0 radical (unpaired) electrons. The van der Waals surface area contributed by atoms with E-state index in [9.17, 15) is 0 Å². The molecular formula is C24H21BO3. The summed E-state index contributed by atoms with van der Waals surface area (Å²) in [4.78, 5) is 0. The molecule has 0 N–H and O–H groups in total. The van der Waals surface area contributed by atoms with Crippen LogP contribution >= 0.6 is 0 Å². The van der Waals surface area contributed by atoms with Crippen LogP contribution in [0.4, 0.5) is 0 Å². The summed E-state index contributed by atoms with van der Waals surface area (Å²) in [5.74, 6) is 1.82. The predicted octanol–water partition coefficient (Wildman–Crippen LogP) is 5.55. The molecule has 0 aromatic heterocycles. The second-order valence-electron chi connectivity index (χ2n) is 8.85. The van der Waals surface area contributed by atoms with Crippen molar-refractivity contribution in [2.75, 3.05) is 0 Å². The first-order chi connectivity index (χ1) is 13.4. The van der Waals surface area contributed by atoms with Gasteiger partial charge in [-0.15, -0.1) is 0 Å². The maximum absolute atomic E-state index is 6.41. The normalized spacial score (nSPS) is 19.2. The molecule has 0 aliphatic carbocycles. The van der Waals surface area contributed by atoms with Crippen molar-refractivity contribution in [1.82, 2.24) is 0 Å². The van der Waals surface area contributed by atoms with E-state index in [4.69, 9.17) is 14.0 Å². The van der Waals surface area contributed by atoms with Crippen LogP contribution < -0.4 is 10.2 Å². The molecule has 0 spiro atoms. The van der Waals surface area contributed by atoms with E-state index in [0.29, 0.717) is 0 Å². The van der Waals surface area contributed by atoms with E-state index in [1.807, 2.05) is 24.3 Å². The smallest absolute Gasteiger partial charge is 0.456 e. The molecule has 1 saturated heterocycles. The summed E-state index contributed by atoms with van der Waals surface area (Å²) in [5, 5.41) is 7.08. The molecular weight excluding hydrogens is 347 g/mol. The van der Waals surface area contributed by atoms with Gasteiger partial charge in [0.05, 0.1) is 11.2 Å². The Kier molecular flexibility index (Phi) is 2.97. The molecule has 2 heterocycles. The standard InChI is InChI=1S/C24H21BO3/c1-23(2)24(3,4)28-25(27-23)17-13-15-8-6-10-19-21(15)22-16(17)12-11-14-7-5-9-18(26-19)20(14)22/h5-13H,1-4H3. The largest absolute Gasteiger partial charge is 0.495 e. The van der Waals surface area contributed by atoms with Crippen molar-refractivity contribution in [2.24, 2.45) is 0 Å². The molecule has 138 valence electrons. The minimum absolute atomic E-state index is 0.372. The Morgan fingerprint density at radius 3 is 1.96 bits per heavy atom. The average Bonchev–Trinajstić information content (AvgIpc) is 2.88. The highest BCUT2D eigenvalue weighted by Crippen LogP contribution is 2.47. The predicted molar refractivity (Wildman–Crippen MR) is 115 cm³/mol. The van der Waals surface area contributed by atoms with E-state index in [2.05, 4.69) is 58.0 Å². The number of hydrogen-bond donors (Lipinski definition) is 0. The monoisotopic (exact) mass is 368 g/mol. The summed E-state index contributed by atoms with van der Waals surface area (Å²) in [5.41, 5.74) is 0.336. The van der Waals surface area contributed by atoms with Crippen LogP contribution in [0, 0.1) is 0 Å². The van der Waals surface area contributed by atoms with Gasteiger partial charge in [-0.25, -0.2) is 0 Å². The van der Waals surface area contributed by atoms with Crippen molar-refractivity contribution in [2.45, 2.75) is 38.9 Å². The van der Waals surface area contributed by atoms with E-state index in [-0.39, 0.29) is 11.2 Å². The highest BCUT2D eigenvalue weighted by molar-refractivity contribution is 6.66. The summed E-state index contributed by atoms with van der Waals surface area (Å²) in [6.07, 6.45) is 0. The Hall–Kier alpha value is -2.56. The van der Waals surface area contributed by atoms with Gasteiger partial charge in [-0.2, -0.15) is 0 Å². The van der Waals surface area contributed by atoms with Crippen LogP contribution in [0.3, 0.4) is 0 Å². The fourth-order valence-electron chi connectivity index (χ4n) is 4.48. The maximum Gasteiger partial charge on any atom is 0.495 e. The topological polar surface area (TPSA) is 27.7 Å². The van der Waals surface area contributed by atoms with Gasteiger partial charge in [-0.1, -0.05) is 42.5 Å². The lowest BCUT2D eigenvalue weighted by Gasteiger charge is -2.32. The SMILES string of the molecule is CC1(C)OB(c2cc3cccc4c3c3c2ccc2cccc(c23)O4)OC1(C)C. The summed E-state index contributed by atoms with van der Waals surface area (Å²) in [7, 11) is -0.398. The van der Waals surface area contributed by atoms with Gasteiger partial charge in [0, 0.05) is 16.2 Å². The molecule has 1 fully saturated rings. The zero-order valence-corrected chi connectivity index (χ0v) is 16.5. The van der Waals surface area contributed by atoms with Crippen molar-refractivity contribution >= 4 is 44.9 Å². The van der Waals surface area contributed by atoms with Gasteiger partial charge in [0.25, 0.3) is 0 Å². The second kappa shape index (κ2) is 5.08. The van der Waals surface area contributed by atoms with Crippen LogP contribution in [0.1, 0.15) is 27.7 Å². The Morgan fingerprint density at radius 1 is 0.679 bits per heavy atom. The van der Waals surface area contributed by atoms with E-state index in [1.165, 1.54) is 26.9 Å². The number of ether oxygens (including phenoxy) is 1. The number of hydrogen-bond acceptors (Lipinski definition) is 3. The van der Waals surface area contributed by atoms with Gasteiger partial charge < -0.3 is 14.0 Å². The van der Waals surface area contributed by atoms with Crippen molar-refractivity contribution in [3.8, 4) is 11.5 Å². The molecule has 3 nitrogen and oxygen atoms in total. The quantitative estimate of drug-likeness (QED) is 0.287. The molecule has 28 heavy (non-hydrogen) atoms. The van der Waals surface area contributed by atoms with Gasteiger partial charge in [0.2, 0.25) is 0 Å². The maximum atomic E-state index is 6.41. The van der Waals surface area contributed by atoms with E-state index < -0.39 is 7.12 Å². The minimum Gasteiger partial charge on any atom is -0.456 e. The van der Waals surface area contributed by atoms with E-state index in [0.717, 1.165) is 22.3 Å². The zero-order chi connectivity index (χ0) is 19.3. The van der Waals surface area contributed by atoms with Gasteiger partial charge in [0.15, 0.2) is 0 Å². The Labute approximate surface area is 164 Å². The van der Waals surface area contributed by atoms with Crippen LogP contribution in [0.15, 0.2) is 54.6 Å². The zero-order valence-electron chi connectivity index (χ0n) is 16.5. The van der Waals surface area contributed by atoms with Crippen molar-refractivity contribution in [3.63, 3.8) is 0 Å². The fourth-order valence-corrected chi connectivity index (χ4v) is 4.48. The highest BCUT2D eigenvalue weighted by atomic mass is 16.7. The van der Waals surface area contributed by atoms with Crippen LogP contribution in [0.5, 0.6) is 11.5 Å². The molecule has 2 aliphatic rings. The third-order valence-corrected chi connectivity index (χ3v) is 6.66. The molecule has 0 atom stereocenters. The number of rotatable bonds is 1. The third-order valence-electron chi connectivity index (χ3n) is 6.66. The molecule has 0 bridgehead atoms. The van der Waals surface area contributed by atoms with Crippen LogP contribution in [-0.4, -0.2) is 18.3 Å². The average molecular weight is 368 g/mol. The molecule has 0 unspecified atom stereocenters. The lowest BCUT2D eigenvalue weighted by molar-refractivity contribution is 0.00578. The Balaban J connectivity index is 1.75. The van der Waals surface area contributed by atoms with Crippen molar-refractivity contribution in [1.29, 1.82) is 0 Å². The van der Waals surface area contributed by atoms with Crippen molar-refractivity contribution < 1.29 is 14.0 Å². The van der Waals surface area contributed by atoms with Crippen LogP contribution in [0.2, 0.25) is 0 Å². The molecule has 4 aromatic rings. The molecule has 0 amide bonds. The first-order valence-electron chi connectivity index (χ1n) is 9.80. The highest BCUT2D eigenvalue weighted by Gasteiger charge is 2.52. The molecule has 4 aromatic carbocycles. The first kappa shape index (κ1) is 16.4. The van der Waals surface area contributed by atoms with Gasteiger partial charge in [-0.3, -0.25) is 0 Å². The first-order valence-corrected chi connectivity index (χ1v) is 9.80. The molecule has 2 aliphatic heterocycles. The minimum atomic E-state index is -0.398. The van der Waals surface area contributed by atoms with Crippen LogP contribution in [0.25, 0.3) is 32.3 Å². The van der Waals surface area contributed by atoms with Crippen molar-refractivity contribution in [3.05, 3.63) is 54.6 Å². The van der Waals surface area contributed by atoms with E-state index >= 15 is 0 Å². The Morgan fingerprint density at radius 2 is 1.29 bits per heavy atom. The summed E-state index contributed by atoms with van der Waals surface area (Å²) in [6, 6.07) is 19.0. The summed E-state index contributed by atoms with van der Waals surface area (Å²) in [6.45, 7) is 8.38. The van der Waals surface area contributed by atoms with Crippen LogP contribution in [-0.2, 0) is 9.31 Å². The number of benzene rings is 4. The summed E-state index contributed by atoms with van der Waals surface area (Å²) >= 11 is 0. The van der Waals surface area contributed by atoms with Gasteiger partial charge in [0.1, 0.15) is 11.5 Å². The molecule has 6 rings (SSSR count). The summed E-state index contributed by atoms with van der Waals surface area (Å²) < 4.78 is 19.1. The molecule has 4 heteroatoms. The Bertz CT molecular complexity index is 1270. The van der Waals surface area contributed by atoms with E-state index in [1.54, 1.807) is 0 Å². The lowest BCUT2D eigenvalue weighted by atomic mass is 9.74. The van der Waals surface area contributed by atoms with Gasteiger partial charge in [-0.05, 0) is 61.4 Å². The van der Waals surface area contributed by atoms with Gasteiger partial charge >= 0.3 is 7.12 Å². The lowest BCUT2D eigenvalue weighted by Crippen LogP contribution is -2.41. The molecule has 0 saturated carbocycles.